The third kappa shape index (κ3) is 10.2. The van der Waals surface area contributed by atoms with Gasteiger partial charge in [-0.3, -0.25) is 0 Å². The second-order valence-electron chi connectivity index (χ2n) is 6.27. The van der Waals surface area contributed by atoms with Gasteiger partial charge in [0.25, 0.3) is 0 Å². The third-order valence-corrected chi connectivity index (χ3v) is 2.45. The molecule has 0 fully saturated rings. The average molecular weight is 226 g/mol. The van der Waals surface area contributed by atoms with E-state index in [4.69, 9.17) is 0 Å². The van der Waals surface area contributed by atoms with E-state index >= 15 is 0 Å². The van der Waals surface area contributed by atoms with Gasteiger partial charge in [0.2, 0.25) is 0 Å². The summed E-state index contributed by atoms with van der Waals surface area (Å²) >= 11 is 0. The molecule has 0 aromatic carbocycles. The standard InChI is InChI=1S/C14H30N2/c1-12(2)8-9-16(7)11-13(3)10-15-14(4,5)6/h12,15H,3,8-11H2,1-2,4-7H3. The first-order chi connectivity index (χ1) is 7.20. The van der Waals surface area contributed by atoms with E-state index in [-0.39, 0.29) is 5.54 Å². The molecule has 0 spiro atoms. The van der Waals surface area contributed by atoms with Crippen molar-refractivity contribution in [2.45, 2.75) is 46.6 Å². The molecule has 0 bridgehead atoms. The molecule has 2 heteroatoms. The van der Waals surface area contributed by atoms with E-state index in [1.807, 2.05) is 0 Å². The average Bonchev–Trinajstić information content (AvgIpc) is 2.10. The highest BCUT2D eigenvalue weighted by Crippen LogP contribution is 2.04. The van der Waals surface area contributed by atoms with E-state index in [0.717, 1.165) is 25.6 Å². The van der Waals surface area contributed by atoms with Crippen molar-refractivity contribution in [2.24, 2.45) is 5.92 Å². The molecule has 0 aromatic rings. The van der Waals surface area contributed by atoms with Gasteiger partial charge in [0.1, 0.15) is 0 Å². The molecule has 0 heterocycles. The summed E-state index contributed by atoms with van der Waals surface area (Å²) in [6.45, 7) is 18.3. The molecule has 0 aliphatic rings. The van der Waals surface area contributed by atoms with E-state index in [2.05, 4.69) is 58.5 Å². The molecule has 0 aliphatic carbocycles. The Morgan fingerprint density at radius 1 is 1.31 bits per heavy atom. The van der Waals surface area contributed by atoms with Crippen LogP contribution in [0.2, 0.25) is 0 Å². The van der Waals surface area contributed by atoms with Crippen LogP contribution in [0.4, 0.5) is 0 Å². The van der Waals surface area contributed by atoms with Gasteiger partial charge in [0.05, 0.1) is 0 Å². The summed E-state index contributed by atoms with van der Waals surface area (Å²) in [4.78, 5) is 2.35. The summed E-state index contributed by atoms with van der Waals surface area (Å²) in [5.41, 5.74) is 1.44. The quantitative estimate of drug-likeness (QED) is 0.672. The fraction of sp³-hybridized carbons (Fsp3) is 0.857. The van der Waals surface area contributed by atoms with Gasteiger partial charge >= 0.3 is 0 Å². The van der Waals surface area contributed by atoms with Gasteiger partial charge in [-0.25, -0.2) is 0 Å². The van der Waals surface area contributed by atoms with Crippen molar-refractivity contribution in [3.8, 4) is 0 Å². The first-order valence-corrected chi connectivity index (χ1v) is 6.31. The lowest BCUT2D eigenvalue weighted by Gasteiger charge is -2.24. The van der Waals surface area contributed by atoms with Crippen LogP contribution in [0.1, 0.15) is 41.0 Å². The van der Waals surface area contributed by atoms with Crippen molar-refractivity contribution in [3.05, 3.63) is 12.2 Å². The van der Waals surface area contributed by atoms with E-state index in [1.165, 1.54) is 12.0 Å². The smallest absolute Gasteiger partial charge is 0.0199 e. The van der Waals surface area contributed by atoms with E-state index in [0.29, 0.717) is 0 Å². The molecule has 0 saturated carbocycles. The van der Waals surface area contributed by atoms with Crippen molar-refractivity contribution in [1.29, 1.82) is 0 Å². The van der Waals surface area contributed by atoms with Crippen LogP contribution in [0.25, 0.3) is 0 Å². The molecule has 0 saturated heterocycles. The van der Waals surface area contributed by atoms with Gasteiger partial charge in [0.15, 0.2) is 0 Å². The fourth-order valence-electron chi connectivity index (χ4n) is 1.39. The van der Waals surface area contributed by atoms with E-state index in [1.54, 1.807) is 0 Å². The summed E-state index contributed by atoms with van der Waals surface area (Å²) in [5, 5.41) is 3.47. The number of nitrogens with zero attached hydrogens (tertiary/aromatic N) is 1. The molecule has 0 aromatic heterocycles. The monoisotopic (exact) mass is 226 g/mol. The molecule has 1 N–H and O–H groups in total. The molecule has 0 radical (unpaired) electrons. The Labute approximate surface area is 102 Å². The van der Waals surface area contributed by atoms with Crippen LogP contribution in [0.15, 0.2) is 12.2 Å². The summed E-state index contributed by atoms with van der Waals surface area (Å²) in [7, 11) is 2.17. The lowest BCUT2D eigenvalue weighted by molar-refractivity contribution is 0.327. The van der Waals surface area contributed by atoms with Gasteiger partial charge < -0.3 is 10.2 Å². The summed E-state index contributed by atoms with van der Waals surface area (Å²) < 4.78 is 0. The van der Waals surface area contributed by atoms with Crippen molar-refractivity contribution in [1.82, 2.24) is 10.2 Å². The van der Waals surface area contributed by atoms with Crippen molar-refractivity contribution >= 4 is 0 Å². The molecule has 16 heavy (non-hydrogen) atoms. The minimum Gasteiger partial charge on any atom is -0.308 e. The predicted molar refractivity (Wildman–Crippen MR) is 73.8 cm³/mol. The Morgan fingerprint density at radius 3 is 2.31 bits per heavy atom. The largest absolute Gasteiger partial charge is 0.308 e. The van der Waals surface area contributed by atoms with Gasteiger partial charge in [-0.2, -0.15) is 0 Å². The van der Waals surface area contributed by atoms with Crippen LogP contribution < -0.4 is 5.32 Å². The van der Waals surface area contributed by atoms with Crippen LogP contribution in [-0.4, -0.2) is 37.1 Å². The highest BCUT2D eigenvalue weighted by Gasteiger charge is 2.09. The van der Waals surface area contributed by atoms with Gasteiger partial charge in [-0.15, -0.1) is 0 Å². The summed E-state index contributed by atoms with van der Waals surface area (Å²) in [6, 6.07) is 0. The number of rotatable bonds is 7. The first kappa shape index (κ1) is 15.7. The second-order valence-corrected chi connectivity index (χ2v) is 6.27. The summed E-state index contributed by atoms with van der Waals surface area (Å²) in [5.74, 6) is 0.781. The predicted octanol–water partition coefficient (Wildman–Crippen LogP) is 2.91. The molecule has 0 rings (SSSR count). The Hall–Kier alpha value is -0.340. The van der Waals surface area contributed by atoms with Crippen LogP contribution in [0.5, 0.6) is 0 Å². The lowest BCUT2D eigenvalue weighted by atomic mass is 10.1. The molecular weight excluding hydrogens is 196 g/mol. The van der Waals surface area contributed by atoms with Crippen LogP contribution in [0, 0.1) is 5.92 Å². The summed E-state index contributed by atoms with van der Waals surface area (Å²) in [6.07, 6.45) is 1.26. The minimum absolute atomic E-state index is 0.180. The van der Waals surface area contributed by atoms with Crippen LogP contribution in [-0.2, 0) is 0 Å². The number of nitrogens with one attached hydrogen (secondary N) is 1. The molecule has 0 unspecified atom stereocenters. The topological polar surface area (TPSA) is 15.3 Å². The maximum absolute atomic E-state index is 4.12. The SMILES string of the molecule is C=C(CNC(C)(C)C)CN(C)CCC(C)C. The van der Waals surface area contributed by atoms with E-state index in [9.17, 15) is 0 Å². The second kappa shape index (κ2) is 7.08. The molecule has 0 aliphatic heterocycles. The van der Waals surface area contributed by atoms with E-state index < -0.39 is 0 Å². The third-order valence-electron chi connectivity index (χ3n) is 2.45. The zero-order valence-corrected chi connectivity index (χ0v) is 12.1. The highest BCUT2D eigenvalue weighted by atomic mass is 15.1. The number of hydrogen-bond donors (Lipinski definition) is 1. The molecule has 2 nitrogen and oxygen atoms in total. The highest BCUT2D eigenvalue weighted by molar-refractivity contribution is 5.00. The Bertz CT molecular complexity index is 201. The maximum atomic E-state index is 4.12. The van der Waals surface area contributed by atoms with Crippen molar-refractivity contribution < 1.29 is 0 Å². The molecule has 0 atom stereocenters. The lowest BCUT2D eigenvalue weighted by Crippen LogP contribution is -2.38. The Kier molecular flexibility index (Phi) is 6.93. The van der Waals surface area contributed by atoms with Crippen LogP contribution in [0.3, 0.4) is 0 Å². The molecule has 96 valence electrons. The number of hydrogen-bond acceptors (Lipinski definition) is 2. The number of likely N-dealkylation sites (N-methyl/N-ethyl adjacent to an activating group) is 1. The Morgan fingerprint density at radius 2 is 1.88 bits per heavy atom. The van der Waals surface area contributed by atoms with Gasteiger partial charge in [-0.1, -0.05) is 20.4 Å². The zero-order valence-electron chi connectivity index (χ0n) is 12.1. The zero-order chi connectivity index (χ0) is 12.8. The molecular formula is C14H30N2. The normalized spacial score (nSPS) is 12.5. The first-order valence-electron chi connectivity index (χ1n) is 6.31. The van der Waals surface area contributed by atoms with Gasteiger partial charge in [0, 0.05) is 18.6 Å². The maximum Gasteiger partial charge on any atom is 0.0199 e. The van der Waals surface area contributed by atoms with Crippen molar-refractivity contribution in [2.75, 3.05) is 26.7 Å². The van der Waals surface area contributed by atoms with Crippen molar-refractivity contribution in [3.63, 3.8) is 0 Å². The van der Waals surface area contributed by atoms with Gasteiger partial charge in [-0.05, 0) is 52.3 Å². The fourth-order valence-corrected chi connectivity index (χ4v) is 1.39. The molecule has 0 amide bonds. The Balaban J connectivity index is 3.70. The van der Waals surface area contributed by atoms with Crippen LogP contribution >= 0.6 is 0 Å². The minimum atomic E-state index is 0.180.